The molecule has 4 heteroatoms. The monoisotopic (exact) mass is 295 g/mol. The minimum Gasteiger partial charge on any atom is -0.338 e. The third kappa shape index (κ3) is 3.50. The van der Waals surface area contributed by atoms with Gasteiger partial charge < -0.3 is 4.52 Å². The van der Waals surface area contributed by atoms with Gasteiger partial charge in [-0.25, -0.2) is 0 Å². The molecule has 4 nitrogen and oxygen atoms in total. The van der Waals surface area contributed by atoms with E-state index in [1.165, 1.54) is 12.0 Å². The lowest BCUT2D eigenvalue weighted by molar-refractivity contribution is 0.365. The summed E-state index contributed by atoms with van der Waals surface area (Å²) in [5.41, 5.74) is 2.39. The molecule has 0 spiro atoms. The number of pyridine rings is 1. The summed E-state index contributed by atoms with van der Waals surface area (Å²) in [6.07, 6.45) is 13.3. The topological polar surface area (TPSA) is 51.8 Å². The van der Waals surface area contributed by atoms with Crippen LogP contribution in [0.2, 0.25) is 0 Å². The molecule has 2 heterocycles. The Bertz CT molecular complexity index is 671. The Kier molecular flexibility index (Phi) is 4.47. The molecule has 0 N–H and O–H groups in total. The van der Waals surface area contributed by atoms with Gasteiger partial charge in [-0.1, -0.05) is 42.8 Å². The second-order valence-corrected chi connectivity index (χ2v) is 6.15. The first kappa shape index (κ1) is 14.7. The van der Waals surface area contributed by atoms with Crippen LogP contribution in [0.15, 0.2) is 52.9 Å². The molecule has 1 aliphatic carbocycles. The van der Waals surface area contributed by atoms with Gasteiger partial charge in [-0.3, -0.25) is 4.98 Å². The summed E-state index contributed by atoms with van der Waals surface area (Å²) in [6.45, 7) is 4.52. The highest BCUT2D eigenvalue weighted by molar-refractivity contribution is 5.52. The fourth-order valence-electron chi connectivity index (χ4n) is 2.58. The first-order chi connectivity index (χ1) is 10.7. The van der Waals surface area contributed by atoms with Crippen molar-refractivity contribution >= 4 is 0 Å². The van der Waals surface area contributed by atoms with Crippen molar-refractivity contribution in [1.29, 1.82) is 0 Å². The van der Waals surface area contributed by atoms with Crippen LogP contribution in [0.4, 0.5) is 0 Å². The van der Waals surface area contributed by atoms with Crippen molar-refractivity contribution in [2.45, 2.75) is 39.0 Å². The van der Waals surface area contributed by atoms with E-state index in [1.54, 1.807) is 12.4 Å². The molecular formula is C18H21N3O. The van der Waals surface area contributed by atoms with Crippen LogP contribution in [0.5, 0.6) is 0 Å². The van der Waals surface area contributed by atoms with Crippen LogP contribution in [0.3, 0.4) is 0 Å². The fourth-order valence-corrected chi connectivity index (χ4v) is 2.58. The van der Waals surface area contributed by atoms with Crippen LogP contribution in [0.1, 0.15) is 44.9 Å². The van der Waals surface area contributed by atoms with Crippen molar-refractivity contribution in [3.8, 4) is 11.4 Å². The zero-order valence-electron chi connectivity index (χ0n) is 13.1. The van der Waals surface area contributed by atoms with Crippen molar-refractivity contribution in [1.82, 2.24) is 15.1 Å². The second-order valence-electron chi connectivity index (χ2n) is 6.15. The van der Waals surface area contributed by atoms with E-state index in [4.69, 9.17) is 4.52 Å². The molecule has 1 unspecified atom stereocenters. The van der Waals surface area contributed by atoms with E-state index in [-0.39, 0.29) is 5.92 Å². The third-order valence-electron chi connectivity index (χ3n) is 3.90. The van der Waals surface area contributed by atoms with E-state index < -0.39 is 0 Å². The van der Waals surface area contributed by atoms with Gasteiger partial charge in [0.1, 0.15) is 0 Å². The lowest BCUT2D eigenvalue weighted by Gasteiger charge is -2.16. The highest BCUT2D eigenvalue weighted by Crippen LogP contribution is 2.31. The highest BCUT2D eigenvalue weighted by atomic mass is 16.5. The molecule has 114 valence electrons. The van der Waals surface area contributed by atoms with Gasteiger partial charge in [0.25, 0.3) is 0 Å². The summed E-state index contributed by atoms with van der Waals surface area (Å²) in [5.74, 6) is 2.24. The minimum absolute atomic E-state index is 0.190. The number of hydrogen-bond donors (Lipinski definition) is 0. The number of aromatic nitrogens is 3. The van der Waals surface area contributed by atoms with Crippen LogP contribution in [0.25, 0.3) is 11.4 Å². The van der Waals surface area contributed by atoms with Crippen molar-refractivity contribution in [2.24, 2.45) is 5.92 Å². The van der Waals surface area contributed by atoms with E-state index in [2.05, 4.69) is 47.2 Å². The summed E-state index contributed by atoms with van der Waals surface area (Å²) in [7, 11) is 0. The van der Waals surface area contributed by atoms with Crippen LogP contribution >= 0.6 is 0 Å². The van der Waals surface area contributed by atoms with Crippen LogP contribution in [-0.2, 0) is 0 Å². The van der Waals surface area contributed by atoms with Crippen molar-refractivity contribution < 1.29 is 4.52 Å². The molecule has 1 atom stereocenters. The number of allylic oxidation sites excluding steroid dienone is 4. The van der Waals surface area contributed by atoms with Gasteiger partial charge >= 0.3 is 0 Å². The zero-order valence-corrected chi connectivity index (χ0v) is 13.1. The summed E-state index contributed by atoms with van der Waals surface area (Å²) in [6, 6.07) is 3.78. The van der Waals surface area contributed by atoms with Crippen LogP contribution in [-0.4, -0.2) is 15.1 Å². The van der Waals surface area contributed by atoms with E-state index in [0.717, 1.165) is 24.3 Å². The Hall–Kier alpha value is -2.23. The molecule has 0 amide bonds. The molecule has 0 aromatic carbocycles. The van der Waals surface area contributed by atoms with Gasteiger partial charge in [0.05, 0.1) is 5.92 Å². The molecule has 0 bridgehead atoms. The maximum absolute atomic E-state index is 5.47. The first-order valence-corrected chi connectivity index (χ1v) is 7.82. The molecule has 0 saturated heterocycles. The van der Waals surface area contributed by atoms with Gasteiger partial charge in [0, 0.05) is 18.0 Å². The van der Waals surface area contributed by atoms with Crippen LogP contribution in [0, 0.1) is 5.92 Å². The Morgan fingerprint density at radius 1 is 1.27 bits per heavy atom. The lowest BCUT2D eigenvalue weighted by atomic mass is 9.90. The average molecular weight is 295 g/mol. The third-order valence-corrected chi connectivity index (χ3v) is 3.90. The maximum Gasteiger partial charge on any atom is 0.234 e. The highest BCUT2D eigenvalue weighted by Gasteiger charge is 2.20. The number of hydrogen-bond acceptors (Lipinski definition) is 4. The molecule has 22 heavy (non-hydrogen) atoms. The Morgan fingerprint density at radius 3 is 2.86 bits per heavy atom. The summed E-state index contributed by atoms with van der Waals surface area (Å²) in [5, 5.41) is 4.09. The zero-order chi connectivity index (χ0) is 15.4. The van der Waals surface area contributed by atoms with Gasteiger partial charge in [-0.15, -0.1) is 0 Å². The van der Waals surface area contributed by atoms with E-state index in [9.17, 15) is 0 Å². The van der Waals surface area contributed by atoms with E-state index in [1.807, 2.05) is 12.1 Å². The maximum atomic E-state index is 5.47. The lowest BCUT2D eigenvalue weighted by Crippen LogP contribution is -2.02. The van der Waals surface area contributed by atoms with Crippen molar-refractivity contribution in [3.63, 3.8) is 0 Å². The fraction of sp³-hybridized carbons (Fsp3) is 0.389. The largest absolute Gasteiger partial charge is 0.338 e. The normalized spacial score (nSPS) is 17.8. The van der Waals surface area contributed by atoms with Gasteiger partial charge in [-0.05, 0) is 37.3 Å². The quantitative estimate of drug-likeness (QED) is 0.812. The standard InChI is InChI=1S/C18H21N3O/c1-13(2)6-7-14-4-3-5-16(12-14)18-20-17(21-22-18)15-8-10-19-11-9-15/h3-5,8-11,13,16H,6-7,12H2,1-2H3. The predicted molar refractivity (Wildman–Crippen MR) is 86.2 cm³/mol. The van der Waals surface area contributed by atoms with Gasteiger partial charge in [-0.2, -0.15) is 4.98 Å². The molecule has 2 aromatic heterocycles. The summed E-state index contributed by atoms with van der Waals surface area (Å²) < 4.78 is 5.47. The SMILES string of the molecule is CC(C)CCC1=CC=CC(c2nc(-c3ccncc3)no2)C1. The minimum atomic E-state index is 0.190. The molecule has 0 radical (unpaired) electrons. The van der Waals surface area contributed by atoms with Crippen LogP contribution < -0.4 is 0 Å². The molecule has 0 saturated carbocycles. The van der Waals surface area contributed by atoms with E-state index >= 15 is 0 Å². The number of nitrogens with zero attached hydrogens (tertiary/aromatic N) is 3. The number of rotatable bonds is 5. The molecule has 3 rings (SSSR count). The average Bonchev–Trinajstić information content (AvgIpc) is 3.04. The Labute approximate surface area is 131 Å². The predicted octanol–water partition coefficient (Wildman–Crippen LogP) is 4.54. The molecule has 0 aliphatic heterocycles. The Balaban J connectivity index is 1.70. The molecule has 0 fully saturated rings. The van der Waals surface area contributed by atoms with Crippen molar-refractivity contribution in [3.05, 3.63) is 54.2 Å². The summed E-state index contributed by atoms with van der Waals surface area (Å²) in [4.78, 5) is 8.56. The molecular weight excluding hydrogens is 274 g/mol. The van der Waals surface area contributed by atoms with E-state index in [0.29, 0.717) is 11.7 Å². The van der Waals surface area contributed by atoms with Crippen molar-refractivity contribution in [2.75, 3.05) is 0 Å². The second kappa shape index (κ2) is 6.69. The molecule has 1 aliphatic rings. The smallest absolute Gasteiger partial charge is 0.234 e. The van der Waals surface area contributed by atoms with Gasteiger partial charge in [0.2, 0.25) is 11.7 Å². The first-order valence-electron chi connectivity index (χ1n) is 7.82. The summed E-state index contributed by atoms with van der Waals surface area (Å²) >= 11 is 0. The Morgan fingerprint density at radius 2 is 2.09 bits per heavy atom. The molecule has 2 aromatic rings. The van der Waals surface area contributed by atoms with Gasteiger partial charge in [0.15, 0.2) is 0 Å².